The van der Waals surface area contributed by atoms with Crippen LogP contribution in [0.3, 0.4) is 0 Å². The molecule has 6 nitrogen and oxygen atoms in total. The largest absolute Gasteiger partial charge is 0.356 e. The SMILES string of the molecule is CCN(CC)S(=O)(=O)CCNC(=NC)NCCc1cccc(F)c1. The summed E-state index contributed by atoms with van der Waals surface area (Å²) in [7, 11) is -1.63. The Balaban J connectivity index is 2.38. The Labute approximate surface area is 144 Å². The molecular weight excluding hydrogens is 331 g/mol. The van der Waals surface area contributed by atoms with Gasteiger partial charge in [0.1, 0.15) is 5.82 Å². The van der Waals surface area contributed by atoms with Crippen LogP contribution in [0, 0.1) is 5.82 Å². The minimum Gasteiger partial charge on any atom is -0.356 e. The Morgan fingerprint density at radius 2 is 1.88 bits per heavy atom. The molecule has 0 aliphatic rings. The molecule has 0 heterocycles. The molecule has 0 aromatic heterocycles. The number of halogens is 1. The van der Waals surface area contributed by atoms with Gasteiger partial charge in [0.25, 0.3) is 0 Å². The molecule has 24 heavy (non-hydrogen) atoms. The first-order chi connectivity index (χ1) is 11.4. The maximum Gasteiger partial charge on any atom is 0.215 e. The predicted molar refractivity (Wildman–Crippen MR) is 96.2 cm³/mol. The summed E-state index contributed by atoms with van der Waals surface area (Å²) >= 11 is 0. The minimum absolute atomic E-state index is 0.0132. The Kier molecular flexibility index (Phi) is 8.70. The highest BCUT2D eigenvalue weighted by atomic mass is 32.2. The summed E-state index contributed by atoms with van der Waals surface area (Å²) < 4.78 is 38.7. The summed E-state index contributed by atoms with van der Waals surface area (Å²) in [5, 5.41) is 6.07. The number of nitrogens with zero attached hydrogens (tertiary/aromatic N) is 2. The van der Waals surface area contributed by atoms with Crippen molar-refractivity contribution in [1.29, 1.82) is 0 Å². The van der Waals surface area contributed by atoms with E-state index in [4.69, 9.17) is 0 Å². The molecule has 0 saturated heterocycles. The van der Waals surface area contributed by atoms with E-state index in [1.165, 1.54) is 16.4 Å². The zero-order chi connectivity index (χ0) is 18.0. The summed E-state index contributed by atoms with van der Waals surface area (Å²) in [6.07, 6.45) is 0.649. The third-order valence-corrected chi connectivity index (χ3v) is 5.59. The van der Waals surface area contributed by atoms with Crippen molar-refractivity contribution in [1.82, 2.24) is 14.9 Å². The number of hydrogen-bond acceptors (Lipinski definition) is 3. The second-order valence-corrected chi connectivity index (χ2v) is 7.29. The number of hydrogen-bond donors (Lipinski definition) is 2. The second kappa shape index (κ2) is 10.2. The normalized spacial score (nSPS) is 12.5. The van der Waals surface area contributed by atoms with E-state index in [1.807, 2.05) is 19.9 Å². The molecule has 0 amide bonds. The van der Waals surface area contributed by atoms with Gasteiger partial charge < -0.3 is 10.6 Å². The maximum atomic E-state index is 13.1. The van der Waals surface area contributed by atoms with Crippen LogP contribution >= 0.6 is 0 Å². The molecule has 0 bridgehead atoms. The van der Waals surface area contributed by atoms with E-state index in [1.54, 1.807) is 13.1 Å². The molecule has 0 spiro atoms. The highest BCUT2D eigenvalue weighted by Crippen LogP contribution is 2.03. The van der Waals surface area contributed by atoms with E-state index in [0.29, 0.717) is 32.0 Å². The molecule has 0 aliphatic heterocycles. The third kappa shape index (κ3) is 6.84. The first-order valence-electron chi connectivity index (χ1n) is 8.09. The molecule has 136 valence electrons. The lowest BCUT2D eigenvalue weighted by Gasteiger charge is -2.19. The van der Waals surface area contributed by atoms with Crippen molar-refractivity contribution in [2.45, 2.75) is 20.3 Å². The van der Waals surface area contributed by atoms with Gasteiger partial charge in [0.15, 0.2) is 5.96 Å². The Morgan fingerprint density at radius 1 is 1.21 bits per heavy atom. The zero-order valence-electron chi connectivity index (χ0n) is 14.5. The van der Waals surface area contributed by atoms with E-state index in [0.717, 1.165) is 5.56 Å². The smallest absolute Gasteiger partial charge is 0.215 e. The fourth-order valence-corrected chi connectivity index (χ4v) is 3.69. The van der Waals surface area contributed by atoms with Gasteiger partial charge in [-0.2, -0.15) is 0 Å². The lowest BCUT2D eigenvalue weighted by atomic mass is 10.1. The van der Waals surface area contributed by atoms with Crippen LogP contribution in [0.2, 0.25) is 0 Å². The Morgan fingerprint density at radius 3 is 2.46 bits per heavy atom. The van der Waals surface area contributed by atoms with Crippen molar-refractivity contribution < 1.29 is 12.8 Å². The van der Waals surface area contributed by atoms with Gasteiger partial charge in [0, 0.05) is 33.2 Å². The van der Waals surface area contributed by atoms with Gasteiger partial charge in [-0.25, -0.2) is 17.1 Å². The van der Waals surface area contributed by atoms with E-state index in [9.17, 15) is 12.8 Å². The van der Waals surface area contributed by atoms with Crippen LogP contribution in [0.4, 0.5) is 4.39 Å². The summed E-state index contributed by atoms with van der Waals surface area (Å²) in [4.78, 5) is 4.05. The van der Waals surface area contributed by atoms with Crippen molar-refractivity contribution in [2.75, 3.05) is 39.0 Å². The second-order valence-electron chi connectivity index (χ2n) is 5.21. The van der Waals surface area contributed by atoms with Crippen molar-refractivity contribution in [3.8, 4) is 0 Å². The van der Waals surface area contributed by atoms with Gasteiger partial charge >= 0.3 is 0 Å². The van der Waals surface area contributed by atoms with Crippen molar-refractivity contribution in [2.24, 2.45) is 4.99 Å². The van der Waals surface area contributed by atoms with Crippen LogP contribution in [-0.2, 0) is 16.4 Å². The van der Waals surface area contributed by atoms with Crippen LogP contribution in [0.1, 0.15) is 19.4 Å². The highest BCUT2D eigenvalue weighted by molar-refractivity contribution is 7.89. The van der Waals surface area contributed by atoms with E-state index < -0.39 is 10.0 Å². The quantitative estimate of drug-likeness (QED) is 0.514. The van der Waals surface area contributed by atoms with Crippen LogP contribution in [0.25, 0.3) is 0 Å². The van der Waals surface area contributed by atoms with Crippen LogP contribution in [0.15, 0.2) is 29.3 Å². The summed E-state index contributed by atoms with van der Waals surface area (Å²) in [5.41, 5.74) is 0.891. The molecule has 0 unspecified atom stereocenters. The average Bonchev–Trinajstić information content (AvgIpc) is 2.54. The van der Waals surface area contributed by atoms with Crippen molar-refractivity contribution >= 4 is 16.0 Å². The number of nitrogens with one attached hydrogen (secondary N) is 2. The van der Waals surface area contributed by atoms with Crippen molar-refractivity contribution in [3.63, 3.8) is 0 Å². The molecule has 2 N–H and O–H groups in total. The van der Waals surface area contributed by atoms with Crippen LogP contribution in [-0.4, -0.2) is 57.7 Å². The fourth-order valence-electron chi connectivity index (χ4n) is 2.28. The van der Waals surface area contributed by atoms with E-state index >= 15 is 0 Å². The molecule has 0 fully saturated rings. The number of sulfonamides is 1. The van der Waals surface area contributed by atoms with Crippen molar-refractivity contribution in [3.05, 3.63) is 35.6 Å². The Bertz CT molecular complexity index is 631. The molecule has 1 aromatic carbocycles. The summed E-state index contributed by atoms with van der Waals surface area (Å²) in [6.45, 7) is 5.44. The van der Waals surface area contributed by atoms with Gasteiger partial charge in [-0.15, -0.1) is 0 Å². The summed E-state index contributed by atoms with van der Waals surface area (Å²) in [6, 6.07) is 6.44. The van der Waals surface area contributed by atoms with Gasteiger partial charge in [-0.05, 0) is 24.1 Å². The first kappa shape index (κ1) is 20.4. The van der Waals surface area contributed by atoms with Gasteiger partial charge in [-0.1, -0.05) is 26.0 Å². The minimum atomic E-state index is -3.25. The number of rotatable bonds is 9. The average molecular weight is 358 g/mol. The molecule has 0 saturated carbocycles. The summed E-state index contributed by atoms with van der Waals surface area (Å²) in [5.74, 6) is 0.289. The first-order valence-corrected chi connectivity index (χ1v) is 9.70. The third-order valence-electron chi connectivity index (χ3n) is 3.57. The van der Waals surface area contributed by atoms with Crippen LogP contribution < -0.4 is 10.6 Å². The fraction of sp³-hybridized carbons (Fsp3) is 0.562. The highest BCUT2D eigenvalue weighted by Gasteiger charge is 2.18. The molecule has 1 aromatic rings. The number of guanidine groups is 1. The molecule has 0 atom stereocenters. The molecular formula is C16H27FN4O2S. The topological polar surface area (TPSA) is 73.8 Å². The van der Waals surface area contributed by atoms with E-state index in [2.05, 4.69) is 15.6 Å². The lowest BCUT2D eigenvalue weighted by molar-refractivity contribution is 0.445. The standard InChI is InChI=1S/C16H27FN4O2S/c1-4-21(5-2)24(22,23)12-11-20-16(18-3)19-10-9-14-7-6-8-15(17)13-14/h6-8,13H,4-5,9-12H2,1-3H3,(H2,18,19,20). The Hall–Kier alpha value is -1.67. The van der Waals surface area contributed by atoms with E-state index in [-0.39, 0.29) is 18.1 Å². The number of aliphatic imine (C=N–C) groups is 1. The zero-order valence-corrected chi connectivity index (χ0v) is 15.4. The van der Waals surface area contributed by atoms with Gasteiger partial charge in [-0.3, -0.25) is 4.99 Å². The molecule has 0 radical (unpaired) electrons. The van der Waals surface area contributed by atoms with Crippen LogP contribution in [0.5, 0.6) is 0 Å². The van der Waals surface area contributed by atoms with Gasteiger partial charge in [0.2, 0.25) is 10.0 Å². The maximum absolute atomic E-state index is 13.1. The molecule has 0 aliphatic carbocycles. The predicted octanol–water partition coefficient (Wildman–Crippen LogP) is 1.20. The molecule has 1 rings (SSSR count). The monoisotopic (exact) mass is 358 g/mol. The van der Waals surface area contributed by atoms with Gasteiger partial charge in [0.05, 0.1) is 5.75 Å². The number of benzene rings is 1. The lowest BCUT2D eigenvalue weighted by Crippen LogP contribution is -2.42. The molecule has 8 heteroatoms.